The lowest BCUT2D eigenvalue weighted by Crippen LogP contribution is -2.36. The molecule has 3 heterocycles. The summed E-state index contributed by atoms with van der Waals surface area (Å²) in [7, 11) is 0. The van der Waals surface area contributed by atoms with Crippen molar-refractivity contribution in [2.75, 3.05) is 4.90 Å². The van der Waals surface area contributed by atoms with Crippen LogP contribution in [0.25, 0.3) is 0 Å². The van der Waals surface area contributed by atoms with Gasteiger partial charge in [-0.25, -0.2) is 0 Å². The first kappa shape index (κ1) is 14.0. The Morgan fingerprint density at radius 2 is 2.05 bits per heavy atom. The second kappa shape index (κ2) is 5.52. The standard InChI is InChI=1S/C16H16N2O2S2/c19-15-3-1-2-14-12(7-9-21-14)18(15)13-5-4-11(17-20)10-6-8-22-16(10)13/h6-9,13,20H,1-5H2/b17-11+. The molecule has 0 radical (unpaired) electrons. The minimum atomic E-state index is 0.0689. The van der Waals surface area contributed by atoms with Crippen molar-refractivity contribution in [3.63, 3.8) is 0 Å². The highest BCUT2D eigenvalue weighted by molar-refractivity contribution is 7.11. The number of fused-ring (bicyclic) bond motifs is 2. The zero-order valence-corrected chi connectivity index (χ0v) is 13.6. The number of rotatable bonds is 1. The lowest BCUT2D eigenvalue weighted by Gasteiger charge is -2.34. The number of hydrogen-bond acceptors (Lipinski definition) is 5. The Balaban J connectivity index is 1.81. The second-order valence-corrected chi connectivity index (χ2v) is 7.59. The Labute approximate surface area is 136 Å². The summed E-state index contributed by atoms with van der Waals surface area (Å²) in [5.41, 5.74) is 2.82. The van der Waals surface area contributed by atoms with Crippen molar-refractivity contribution in [1.29, 1.82) is 0 Å². The van der Waals surface area contributed by atoms with E-state index in [2.05, 4.69) is 16.6 Å². The minimum absolute atomic E-state index is 0.0689. The Hall–Kier alpha value is -1.66. The smallest absolute Gasteiger partial charge is 0.227 e. The maximum Gasteiger partial charge on any atom is 0.227 e. The molecule has 1 N–H and O–H groups in total. The number of nitrogens with zero attached hydrogens (tertiary/aromatic N) is 2. The van der Waals surface area contributed by atoms with Gasteiger partial charge in [0.25, 0.3) is 0 Å². The summed E-state index contributed by atoms with van der Waals surface area (Å²) >= 11 is 3.39. The van der Waals surface area contributed by atoms with Gasteiger partial charge in [0.05, 0.1) is 17.4 Å². The van der Waals surface area contributed by atoms with Crippen LogP contribution in [0.15, 0.2) is 28.0 Å². The van der Waals surface area contributed by atoms with E-state index in [4.69, 9.17) is 0 Å². The molecule has 0 saturated carbocycles. The lowest BCUT2D eigenvalue weighted by atomic mass is 9.91. The largest absolute Gasteiger partial charge is 0.411 e. The zero-order chi connectivity index (χ0) is 15.1. The highest BCUT2D eigenvalue weighted by Crippen LogP contribution is 2.43. The number of oxime groups is 1. The third-order valence-electron chi connectivity index (χ3n) is 4.44. The second-order valence-electron chi connectivity index (χ2n) is 5.65. The molecule has 0 spiro atoms. The molecule has 2 aliphatic rings. The van der Waals surface area contributed by atoms with Crippen LogP contribution >= 0.6 is 22.7 Å². The first-order valence-electron chi connectivity index (χ1n) is 7.46. The molecule has 6 heteroatoms. The van der Waals surface area contributed by atoms with Crippen molar-refractivity contribution < 1.29 is 10.0 Å². The first-order valence-corrected chi connectivity index (χ1v) is 9.22. The Kier molecular flexibility index (Phi) is 3.50. The van der Waals surface area contributed by atoms with Crippen LogP contribution in [0.2, 0.25) is 0 Å². The van der Waals surface area contributed by atoms with Gasteiger partial charge in [-0.05, 0) is 48.6 Å². The van der Waals surface area contributed by atoms with E-state index in [1.54, 1.807) is 22.7 Å². The number of anilines is 1. The summed E-state index contributed by atoms with van der Waals surface area (Å²) in [6.07, 6.45) is 4.04. The molecule has 1 aliphatic heterocycles. The Bertz CT molecular complexity index is 747. The Morgan fingerprint density at radius 1 is 1.18 bits per heavy atom. The number of thiophene rings is 2. The van der Waals surface area contributed by atoms with Crippen LogP contribution in [0.3, 0.4) is 0 Å². The summed E-state index contributed by atoms with van der Waals surface area (Å²) in [5.74, 6) is 0.214. The van der Waals surface area contributed by atoms with Gasteiger partial charge in [0.15, 0.2) is 0 Å². The van der Waals surface area contributed by atoms with Gasteiger partial charge in [-0.15, -0.1) is 22.7 Å². The van der Waals surface area contributed by atoms with Gasteiger partial charge in [0.2, 0.25) is 5.91 Å². The molecule has 1 atom stereocenters. The highest BCUT2D eigenvalue weighted by Gasteiger charge is 2.35. The molecule has 22 heavy (non-hydrogen) atoms. The molecule has 0 fully saturated rings. The predicted molar refractivity (Wildman–Crippen MR) is 89.4 cm³/mol. The highest BCUT2D eigenvalue weighted by atomic mass is 32.1. The molecule has 1 aliphatic carbocycles. The quantitative estimate of drug-likeness (QED) is 0.629. The van der Waals surface area contributed by atoms with Gasteiger partial charge in [0, 0.05) is 21.7 Å². The summed E-state index contributed by atoms with van der Waals surface area (Å²) in [4.78, 5) is 17.2. The molecule has 4 rings (SSSR count). The molecule has 0 bridgehead atoms. The lowest BCUT2D eigenvalue weighted by molar-refractivity contribution is -0.119. The fourth-order valence-corrected chi connectivity index (χ4v) is 5.39. The number of carbonyl (C=O) groups is 1. The van der Waals surface area contributed by atoms with Crippen LogP contribution in [0.5, 0.6) is 0 Å². The molecule has 1 unspecified atom stereocenters. The van der Waals surface area contributed by atoms with Gasteiger partial charge in [-0.3, -0.25) is 4.79 Å². The van der Waals surface area contributed by atoms with Crippen molar-refractivity contribution in [3.8, 4) is 0 Å². The summed E-state index contributed by atoms with van der Waals surface area (Å²) < 4.78 is 0. The molecular weight excluding hydrogens is 316 g/mol. The van der Waals surface area contributed by atoms with Gasteiger partial charge >= 0.3 is 0 Å². The van der Waals surface area contributed by atoms with E-state index in [1.165, 1.54) is 4.88 Å². The summed E-state index contributed by atoms with van der Waals surface area (Å²) in [6.45, 7) is 0. The molecule has 0 aromatic carbocycles. The number of aryl methyl sites for hydroxylation is 1. The van der Waals surface area contributed by atoms with E-state index in [0.717, 1.165) is 41.1 Å². The molecule has 2 aromatic heterocycles. The molecule has 1 amide bonds. The SMILES string of the molecule is O=C1CCCc2sccc2N1C1CC/C(=N\O)c2ccsc21. The summed E-state index contributed by atoms with van der Waals surface area (Å²) in [6, 6.07) is 4.14. The fraction of sp³-hybridized carbons (Fsp3) is 0.375. The third-order valence-corrected chi connectivity index (χ3v) is 6.43. The minimum Gasteiger partial charge on any atom is -0.411 e. The van der Waals surface area contributed by atoms with E-state index < -0.39 is 0 Å². The normalized spacial score (nSPS) is 23.3. The van der Waals surface area contributed by atoms with E-state index in [-0.39, 0.29) is 11.9 Å². The van der Waals surface area contributed by atoms with Crippen molar-refractivity contribution in [3.05, 3.63) is 38.2 Å². The molecule has 114 valence electrons. The van der Waals surface area contributed by atoms with Crippen molar-refractivity contribution in [2.24, 2.45) is 5.16 Å². The van der Waals surface area contributed by atoms with Crippen molar-refractivity contribution in [1.82, 2.24) is 0 Å². The average molecular weight is 332 g/mol. The number of hydrogen-bond donors (Lipinski definition) is 1. The van der Waals surface area contributed by atoms with E-state index in [0.29, 0.717) is 12.8 Å². The third kappa shape index (κ3) is 2.09. The van der Waals surface area contributed by atoms with Gasteiger partial charge in [0.1, 0.15) is 0 Å². The van der Waals surface area contributed by atoms with E-state index >= 15 is 0 Å². The monoisotopic (exact) mass is 332 g/mol. The average Bonchev–Trinajstić information content (AvgIpc) is 3.15. The molecule has 4 nitrogen and oxygen atoms in total. The van der Waals surface area contributed by atoms with Crippen LogP contribution in [-0.4, -0.2) is 16.8 Å². The predicted octanol–water partition coefficient (Wildman–Crippen LogP) is 4.19. The molecule has 0 saturated heterocycles. The topological polar surface area (TPSA) is 52.9 Å². The van der Waals surface area contributed by atoms with E-state index in [1.807, 2.05) is 16.3 Å². The van der Waals surface area contributed by atoms with Gasteiger partial charge in [-0.2, -0.15) is 0 Å². The zero-order valence-electron chi connectivity index (χ0n) is 12.0. The maximum absolute atomic E-state index is 12.7. The maximum atomic E-state index is 12.7. The summed E-state index contributed by atoms with van der Waals surface area (Å²) in [5, 5.41) is 16.7. The fourth-order valence-electron chi connectivity index (χ4n) is 3.44. The van der Waals surface area contributed by atoms with Crippen LogP contribution in [0.1, 0.15) is 47.0 Å². The molecular formula is C16H16N2O2S2. The van der Waals surface area contributed by atoms with Gasteiger partial charge < -0.3 is 10.1 Å². The van der Waals surface area contributed by atoms with E-state index in [9.17, 15) is 10.0 Å². The van der Waals surface area contributed by atoms with Crippen LogP contribution in [0, 0.1) is 0 Å². The first-order chi connectivity index (χ1) is 10.8. The van der Waals surface area contributed by atoms with Crippen LogP contribution in [-0.2, 0) is 11.2 Å². The van der Waals surface area contributed by atoms with Crippen molar-refractivity contribution >= 4 is 40.0 Å². The number of carbonyl (C=O) groups excluding carboxylic acids is 1. The van der Waals surface area contributed by atoms with Crippen LogP contribution < -0.4 is 4.90 Å². The van der Waals surface area contributed by atoms with Crippen LogP contribution in [0.4, 0.5) is 5.69 Å². The van der Waals surface area contributed by atoms with Crippen molar-refractivity contribution in [2.45, 2.75) is 38.1 Å². The molecule has 2 aromatic rings. The van der Waals surface area contributed by atoms with Gasteiger partial charge in [-0.1, -0.05) is 5.16 Å². The number of amides is 1. The Morgan fingerprint density at radius 3 is 2.91 bits per heavy atom.